The molecule has 0 aromatic rings. The Bertz CT molecular complexity index is 159. The summed E-state index contributed by atoms with van der Waals surface area (Å²) >= 11 is 0. The van der Waals surface area contributed by atoms with Crippen LogP contribution in [-0.2, 0) is 4.74 Å². The van der Waals surface area contributed by atoms with E-state index in [1.165, 1.54) is 0 Å². The highest BCUT2D eigenvalue weighted by Gasteiger charge is 2.40. The zero-order valence-electron chi connectivity index (χ0n) is 6.95. The second kappa shape index (κ2) is 4.32. The van der Waals surface area contributed by atoms with E-state index in [2.05, 4.69) is 4.74 Å². The van der Waals surface area contributed by atoms with Crippen molar-refractivity contribution in [2.45, 2.75) is 30.5 Å². The highest BCUT2D eigenvalue weighted by atomic mass is 16.6. The van der Waals surface area contributed by atoms with E-state index in [1.807, 2.05) is 0 Å². The quantitative estimate of drug-likeness (QED) is 0.295. The molecule has 0 saturated carbocycles. The Labute approximate surface area is 75.0 Å². The number of aliphatic hydroxyl groups is 5. The van der Waals surface area contributed by atoms with Crippen molar-refractivity contribution >= 4 is 0 Å². The van der Waals surface area contributed by atoms with Gasteiger partial charge in [0.2, 0.25) is 0 Å². The van der Waals surface area contributed by atoms with Crippen LogP contribution in [0.2, 0.25) is 0 Å². The highest BCUT2D eigenvalue weighted by Crippen LogP contribution is 2.19. The van der Waals surface area contributed by atoms with Crippen LogP contribution in [0.1, 0.15) is 0 Å². The minimum Gasteiger partial charge on any atom is -0.394 e. The molecule has 1 saturated heterocycles. The molecule has 13 heavy (non-hydrogen) atoms. The van der Waals surface area contributed by atoms with Gasteiger partial charge >= 0.3 is 0 Å². The predicted octanol–water partition coefficient (Wildman–Crippen LogP) is -3.18. The summed E-state index contributed by atoms with van der Waals surface area (Å²) in [6.07, 6.45) is -6.23. The minimum absolute atomic E-state index is 0.333. The Morgan fingerprint density at radius 3 is 2.08 bits per heavy atom. The van der Waals surface area contributed by atoms with E-state index >= 15 is 0 Å². The molecule has 5 atom stereocenters. The van der Waals surface area contributed by atoms with Gasteiger partial charge in [0, 0.05) is 0 Å². The summed E-state index contributed by atoms with van der Waals surface area (Å²) in [6, 6.07) is 0. The van der Waals surface area contributed by atoms with Gasteiger partial charge in [-0.1, -0.05) is 0 Å². The molecular formula is C7H14O6. The minimum atomic E-state index is -1.57. The molecule has 1 fully saturated rings. The molecule has 5 unspecified atom stereocenters. The van der Waals surface area contributed by atoms with Gasteiger partial charge in [0.25, 0.3) is 0 Å². The first-order valence-corrected chi connectivity index (χ1v) is 4.02. The van der Waals surface area contributed by atoms with Crippen LogP contribution >= 0.6 is 0 Å². The average Bonchev–Trinajstić information content (AvgIpc) is 2.96. The van der Waals surface area contributed by atoms with E-state index in [0.29, 0.717) is 6.61 Å². The molecule has 78 valence electrons. The van der Waals surface area contributed by atoms with Crippen LogP contribution < -0.4 is 0 Å². The zero-order chi connectivity index (χ0) is 10.0. The van der Waals surface area contributed by atoms with Gasteiger partial charge in [0.05, 0.1) is 13.2 Å². The molecule has 0 bridgehead atoms. The van der Waals surface area contributed by atoms with Crippen LogP contribution in [-0.4, -0.2) is 69.3 Å². The summed E-state index contributed by atoms with van der Waals surface area (Å²) in [5.74, 6) is 0. The first-order chi connectivity index (χ1) is 6.07. The third-order valence-corrected chi connectivity index (χ3v) is 2.02. The summed E-state index contributed by atoms with van der Waals surface area (Å²) in [7, 11) is 0. The van der Waals surface area contributed by atoms with Crippen LogP contribution in [0.5, 0.6) is 0 Å². The zero-order valence-corrected chi connectivity index (χ0v) is 6.95. The van der Waals surface area contributed by atoms with Crippen molar-refractivity contribution in [3.63, 3.8) is 0 Å². The Hall–Kier alpha value is -0.240. The Kier molecular flexibility index (Phi) is 3.60. The third kappa shape index (κ3) is 2.60. The van der Waals surface area contributed by atoms with Gasteiger partial charge < -0.3 is 30.3 Å². The number of rotatable bonds is 5. The van der Waals surface area contributed by atoms with Gasteiger partial charge in [0.15, 0.2) is 0 Å². The van der Waals surface area contributed by atoms with Crippen LogP contribution in [0.25, 0.3) is 0 Å². The molecule has 0 radical (unpaired) electrons. The molecule has 1 aliphatic rings. The fourth-order valence-electron chi connectivity index (χ4n) is 1.01. The summed E-state index contributed by atoms with van der Waals surface area (Å²) < 4.78 is 4.69. The third-order valence-electron chi connectivity index (χ3n) is 2.02. The van der Waals surface area contributed by atoms with E-state index in [1.54, 1.807) is 0 Å². The molecule has 1 rings (SSSR count). The fraction of sp³-hybridized carbons (Fsp3) is 1.00. The lowest BCUT2D eigenvalue weighted by Gasteiger charge is -2.24. The van der Waals surface area contributed by atoms with E-state index in [9.17, 15) is 10.2 Å². The maximum absolute atomic E-state index is 9.25. The lowest BCUT2D eigenvalue weighted by Crippen LogP contribution is -2.47. The van der Waals surface area contributed by atoms with Gasteiger partial charge in [-0.25, -0.2) is 0 Å². The molecule has 6 heteroatoms. The fourth-order valence-corrected chi connectivity index (χ4v) is 1.01. The SMILES string of the molecule is OCC(O)C(O)C(O)C(O)C1CO1. The smallest absolute Gasteiger partial charge is 0.111 e. The molecule has 6 nitrogen and oxygen atoms in total. The average molecular weight is 194 g/mol. The van der Waals surface area contributed by atoms with E-state index in [4.69, 9.17) is 15.3 Å². The number of aliphatic hydroxyl groups excluding tert-OH is 5. The topological polar surface area (TPSA) is 114 Å². The normalized spacial score (nSPS) is 30.7. The molecule has 0 amide bonds. The van der Waals surface area contributed by atoms with Crippen molar-refractivity contribution in [1.29, 1.82) is 0 Å². The predicted molar refractivity (Wildman–Crippen MR) is 40.9 cm³/mol. The second-order valence-corrected chi connectivity index (χ2v) is 3.09. The van der Waals surface area contributed by atoms with Crippen molar-refractivity contribution in [3.05, 3.63) is 0 Å². The maximum atomic E-state index is 9.25. The van der Waals surface area contributed by atoms with Crippen LogP contribution in [0.15, 0.2) is 0 Å². The molecule has 1 aliphatic heterocycles. The molecule has 0 spiro atoms. The van der Waals surface area contributed by atoms with E-state index in [-0.39, 0.29) is 0 Å². The van der Waals surface area contributed by atoms with E-state index < -0.39 is 37.1 Å². The van der Waals surface area contributed by atoms with Crippen LogP contribution in [0.3, 0.4) is 0 Å². The van der Waals surface area contributed by atoms with Gasteiger partial charge in [-0.2, -0.15) is 0 Å². The van der Waals surface area contributed by atoms with Gasteiger partial charge in [-0.15, -0.1) is 0 Å². The van der Waals surface area contributed by atoms with Crippen LogP contribution in [0.4, 0.5) is 0 Å². The number of ether oxygens (including phenoxy) is 1. The first-order valence-electron chi connectivity index (χ1n) is 4.02. The summed E-state index contributed by atoms with van der Waals surface area (Å²) in [5, 5.41) is 45.0. The molecule has 0 aliphatic carbocycles. The molecule has 0 aromatic heterocycles. The number of hydrogen-bond acceptors (Lipinski definition) is 6. The van der Waals surface area contributed by atoms with Crippen LogP contribution in [0, 0.1) is 0 Å². The molecule has 1 heterocycles. The van der Waals surface area contributed by atoms with Crippen molar-refractivity contribution in [2.75, 3.05) is 13.2 Å². The monoisotopic (exact) mass is 194 g/mol. The van der Waals surface area contributed by atoms with Gasteiger partial charge in [-0.05, 0) is 0 Å². The lowest BCUT2D eigenvalue weighted by molar-refractivity contribution is -0.119. The summed E-state index contributed by atoms with van der Waals surface area (Å²) in [6.45, 7) is -0.337. The molecule has 0 aromatic carbocycles. The molecule has 5 N–H and O–H groups in total. The Balaban J connectivity index is 2.39. The van der Waals surface area contributed by atoms with Gasteiger partial charge in [-0.3, -0.25) is 0 Å². The van der Waals surface area contributed by atoms with Crippen molar-refractivity contribution in [3.8, 4) is 0 Å². The Morgan fingerprint density at radius 1 is 1.15 bits per heavy atom. The lowest BCUT2D eigenvalue weighted by atomic mass is 10.0. The van der Waals surface area contributed by atoms with E-state index in [0.717, 1.165) is 0 Å². The van der Waals surface area contributed by atoms with Crippen molar-refractivity contribution < 1.29 is 30.3 Å². The largest absolute Gasteiger partial charge is 0.394 e. The molecular weight excluding hydrogens is 180 g/mol. The maximum Gasteiger partial charge on any atom is 0.111 e. The summed E-state index contributed by atoms with van der Waals surface area (Å²) in [4.78, 5) is 0. The standard InChI is InChI=1S/C7H14O6/c8-1-3(9)5(10)7(12)6(11)4-2-13-4/h3-12H,1-2H2. The first kappa shape index (κ1) is 10.8. The summed E-state index contributed by atoms with van der Waals surface area (Å²) in [5.41, 5.74) is 0. The Morgan fingerprint density at radius 2 is 1.69 bits per heavy atom. The van der Waals surface area contributed by atoms with Gasteiger partial charge in [0.1, 0.15) is 30.5 Å². The highest BCUT2D eigenvalue weighted by molar-refractivity contribution is 4.89. The second-order valence-electron chi connectivity index (χ2n) is 3.09. The van der Waals surface area contributed by atoms with Crippen molar-refractivity contribution in [1.82, 2.24) is 0 Å². The number of hydrogen-bond donors (Lipinski definition) is 5. The number of epoxide rings is 1. The van der Waals surface area contributed by atoms with Crippen molar-refractivity contribution in [2.24, 2.45) is 0 Å².